The van der Waals surface area contributed by atoms with Crippen LogP contribution in [-0.4, -0.2) is 0 Å². The maximum Gasteiger partial charge on any atom is 0.0442 e. The maximum absolute atomic E-state index is 5.60. The van der Waals surface area contributed by atoms with Crippen LogP contribution in [0, 0.1) is 0 Å². The molecule has 0 fully saturated rings. The average molecular weight is 212 g/mol. The van der Waals surface area contributed by atoms with E-state index in [0.717, 1.165) is 0 Å². The quantitative estimate of drug-likeness (QED) is 0.734. The monoisotopic (exact) mass is 211 g/mol. The van der Waals surface area contributed by atoms with E-state index in [1.165, 1.54) is 11.1 Å². The first-order valence-electron chi connectivity index (χ1n) is 4.92. The summed E-state index contributed by atoms with van der Waals surface area (Å²) in [6.45, 7) is 8.69. The van der Waals surface area contributed by atoms with Gasteiger partial charge in [0, 0.05) is 6.04 Å². The van der Waals surface area contributed by atoms with Gasteiger partial charge in [0.1, 0.15) is 0 Å². The van der Waals surface area contributed by atoms with Crippen molar-refractivity contribution >= 4 is 11.8 Å². The number of hydrogen-bond acceptors (Lipinski definition) is 1. The molecule has 0 saturated heterocycles. The molecule has 0 bridgehead atoms. The van der Waals surface area contributed by atoms with Gasteiger partial charge in [-0.15, -0.1) is 0 Å². The molecule has 1 rings (SSSR count). The van der Waals surface area contributed by atoms with Gasteiger partial charge in [-0.2, -0.15) is 0 Å². The zero-order valence-electron chi connectivity index (χ0n) is 9.26. The van der Waals surface area contributed by atoms with E-state index in [4.69, 9.17) is 11.8 Å². The van der Waals surface area contributed by atoms with Crippen molar-refractivity contribution < 1.29 is 0 Å². The minimum absolute atomic E-state index is 0.193. The molecule has 1 atom stereocenters. The van der Waals surface area contributed by atoms with Crippen molar-refractivity contribution in [1.82, 2.24) is 4.84 Å². The summed E-state index contributed by atoms with van der Waals surface area (Å²) < 4.78 is 0. The van der Waals surface area contributed by atoms with Crippen LogP contribution in [0.4, 0.5) is 0 Å². The number of nitrogens with one attached hydrogen (secondary N) is 1. The average Bonchev–Trinajstić information content (AvgIpc) is 2.15. The molecule has 2 heteroatoms. The minimum Gasteiger partial charge on any atom is -0.226 e. The van der Waals surface area contributed by atoms with Crippen LogP contribution in [0.15, 0.2) is 24.3 Å². The second-order valence-electron chi connectivity index (χ2n) is 4.71. The standard InChI is InChI=1S/C12H18ClN/c1-9(14-13)10-6-5-7-11(8-10)12(2,3)4/h5-9,14H,1-4H3. The van der Waals surface area contributed by atoms with Gasteiger partial charge < -0.3 is 0 Å². The van der Waals surface area contributed by atoms with Gasteiger partial charge in [-0.1, -0.05) is 45.0 Å². The fraction of sp³-hybridized carbons (Fsp3) is 0.500. The van der Waals surface area contributed by atoms with Gasteiger partial charge in [0.05, 0.1) is 0 Å². The van der Waals surface area contributed by atoms with E-state index < -0.39 is 0 Å². The first-order chi connectivity index (χ1) is 6.45. The fourth-order valence-corrected chi connectivity index (χ4v) is 1.46. The summed E-state index contributed by atoms with van der Waals surface area (Å²) in [6, 6.07) is 8.74. The lowest BCUT2D eigenvalue weighted by molar-refractivity contribution is 0.587. The highest BCUT2D eigenvalue weighted by atomic mass is 35.5. The van der Waals surface area contributed by atoms with Crippen LogP contribution in [-0.2, 0) is 5.41 Å². The molecule has 1 aromatic rings. The Labute approximate surface area is 91.6 Å². The molecule has 0 aliphatic carbocycles. The molecule has 1 N–H and O–H groups in total. The minimum atomic E-state index is 0.193. The number of halogens is 1. The molecule has 0 aromatic heterocycles. The molecule has 0 amide bonds. The third-order valence-electron chi connectivity index (χ3n) is 2.42. The zero-order valence-corrected chi connectivity index (χ0v) is 10.0. The Morgan fingerprint density at radius 1 is 1.29 bits per heavy atom. The first-order valence-corrected chi connectivity index (χ1v) is 5.29. The highest BCUT2D eigenvalue weighted by Gasteiger charge is 2.14. The SMILES string of the molecule is CC(NCl)c1cccc(C(C)(C)C)c1. The summed E-state index contributed by atoms with van der Waals surface area (Å²) in [5.41, 5.74) is 2.77. The fourth-order valence-electron chi connectivity index (χ4n) is 1.34. The Morgan fingerprint density at radius 3 is 2.43 bits per heavy atom. The lowest BCUT2D eigenvalue weighted by Gasteiger charge is -2.21. The summed E-state index contributed by atoms with van der Waals surface area (Å²) in [6.07, 6.45) is 0. The molecule has 78 valence electrons. The van der Waals surface area contributed by atoms with Crippen LogP contribution in [0.1, 0.15) is 44.9 Å². The van der Waals surface area contributed by atoms with E-state index in [9.17, 15) is 0 Å². The molecule has 1 aromatic carbocycles. The Bertz CT molecular complexity index is 301. The highest BCUT2D eigenvalue weighted by molar-refractivity contribution is 6.13. The van der Waals surface area contributed by atoms with Crippen molar-refractivity contribution in [3.8, 4) is 0 Å². The normalized spacial score (nSPS) is 14.1. The summed E-state index contributed by atoms with van der Waals surface area (Å²) in [4.78, 5) is 2.73. The van der Waals surface area contributed by atoms with Crippen LogP contribution >= 0.6 is 11.8 Å². The van der Waals surface area contributed by atoms with Crippen LogP contribution in [0.2, 0.25) is 0 Å². The molecule has 0 radical (unpaired) electrons. The molecule has 1 nitrogen and oxygen atoms in total. The second kappa shape index (κ2) is 4.33. The van der Waals surface area contributed by atoms with E-state index in [2.05, 4.69) is 56.8 Å². The van der Waals surface area contributed by atoms with Crippen molar-refractivity contribution in [2.45, 2.75) is 39.2 Å². The van der Waals surface area contributed by atoms with Crippen LogP contribution in [0.5, 0.6) is 0 Å². The summed E-state index contributed by atoms with van der Waals surface area (Å²) in [5.74, 6) is 0. The molecular weight excluding hydrogens is 194 g/mol. The first kappa shape index (κ1) is 11.5. The van der Waals surface area contributed by atoms with Gasteiger partial charge in [0.2, 0.25) is 0 Å². The Balaban J connectivity index is 3.01. The van der Waals surface area contributed by atoms with Gasteiger partial charge in [0.25, 0.3) is 0 Å². The van der Waals surface area contributed by atoms with E-state index in [1.54, 1.807) is 0 Å². The molecule has 14 heavy (non-hydrogen) atoms. The Kier molecular flexibility index (Phi) is 3.57. The third kappa shape index (κ3) is 2.73. The van der Waals surface area contributed by atoms with Crippen molar-refractivity contribution in [3.05, 3.63) is 35.4 Å². The van der Waals surface area contributed by atoms with Crippen molar-refractivity contribution in [3.63, 3.8) is 0 Å². The van der Waals surface area contributed by atoms with Gasteiger partial charge in [-0.05, 0) is 35.2 Å². The molecule has 0 saturated carbocycles. The van der Waals surface area contributed by atoms with Crippen molar-refractivity contribution in [2.24, 2.45) is 0 Å². The number of benzene rings is 1. The van der Waals surface area contributed by atoms with E-state index >= 15 is 0 Å². The van der Waals surface area contributed by atoms with Gasteiger partial charge >= 0.3 is 0 Å². The molecule has 0 aliphatic heterocycles. The summed E-state index contributed by atoms with van der Waals surface area (Å²) in [5, 5.41) is 0. The molecular formula is C12H18ClN. The van der Waals surface area contributed by atoms with E-state index in [-0.39, 0.29) is 11.5 Å². The van der Waals surface area contributed by atoms with Gasteiger partial charge in [-0.3, -0.25) is 0 Å². The topological polar surface area (TPSA) is 12.0 Å². The van der Waals surface area contributed by atoms with Crippen LogP contribution in [0.3, 0.4) is 0 Å². The smallest absolute Gasteiger partial charge is 0.0442 e. The van der Waals surface area contributed by atoms with Gasteiger partial charge in [0.15, 0.2) is 0 Å². The van der Waals surface area contributed by atoms with E-state index in [0.29, 0.717) is 0 Å². The van der Waals surface area contributed by atoms with Crippen molar-refractivity contribution in [1.29, 1.82) is 0 Å². The summed E-state index contributed by atoms with van der Waals surface area (Å²) >= 11 is 5.60. The molecule has 0 aliphatic rings. The predicted molar refractivity (Wildman–Crippen MR) is 62.5 cm³/mol. The number of rotatable bonds is 2. The lowest BCUT2D eigenvalue weighted by Crippen LogP contribution is -2.13. The van der Waals surface area contributed by atoms with Crippen LogP contribution in [0.25, 0.3) is 0 Å². The van der Waals surface area contributed by atoms with E-state index in [1.807, 2.05) is 0 Å². The predicted octanol–water partition coefficient (Wildman–Crippen LogP) is 3.79. The second-order valence-corrected chi connectivity index (χ2v) is 4.92. The van der Waals surface area contributed by atoms with Crippen LogP contribution < -0.4 is 4.84 Å². The summed E-state index contributed by atoms with van der Waals surface area (Å²) in [7, 11) is 0. The Hall–Kier alpha value is -0.530. The Morgan fingerprint density at radius 2 is 1.93 bits per heavy atom. The lowest BCUT2D eigenvalue weighted by atomic mass is 9.85. The zero-order chi connectivity index (χ0) is 10.8. The highest BCUT2D eigenvalue weighted by Crippen LogP contribution is 2.24. The number of hydrogen-bond donors (Lipinski definition) is 1. The maximum atomic E-state index is 5.60. The molecule has 0 spiro atoms. The third-order valence-corrected chi connectivity index (χ3v) is 2.74. The van der Waals surface area contributed by atoms with Crippen molar-refractivity contribution in [2.75, 3.05) is 0 Å². The molecule has 1 unspecified atom stereocenters. The molecule has 0 heterocycles. The largest absolute Gasteiger partial charge is 0.226 e. The van der Waals surface area contributed by atoms with Gasteiger partial charge in [-0.25, -0.2) is 4.84 Å².